The molecule has 2 aromatic heterocycles. The Morgan fingerprint density at radius 2 is 1.62 bits per heavy atom. The Labute approximate surface area is 117 Å². The molecule has 2 aromatic rings. The highest BCUT2D eigenvalue weighted by Crippen LogP contribution is 2.33. The summed E-state index contributed by atoms with van der Waals surface area (Å²) in [4.78, 5) is 17.8. The van der Waals surface area contributed by atoms with E-state index in [9.17, 15) is 31.1 Å². The summed E-state index contributed by atoms with van der Waals surface area (Å²) in [5.41, 5.74) is -1.44. The van der Waals surface area contributed by atoms with Gasteiger partial charge in [0.25, 0.3) is 0 Å². The maximum absolute atomic E-state index is 12.3. The van der Waals surface area contributed by atoms with Crippen LogP contribution in [0.3, 0.4) is 0 Å². The smallest absolute Gasteiger partial charge is 0.286 e. The van der Waals surface area contributed by atoms with Crippen LogP contribution in [0.2, 0.25) is 0 Å². The summed E-state index contributed by atoms with van der Waals surface area (Å²) in [6.45, 7) is 0. The van der Waals surface area contributed by atoms with Crippen molar-refractivity contribution in [2.45, 2.75) is 12.4 Å². The zero-order chi connectivity index (χ0) is 15.8. The summed E-state index contributed by atoms with van der Waals surface area (Å²) in [6.07, 6.45) is -8.13. The molecule has 0 aliphatic carbocycles. The number of alkyl halides is 6. The van der Waals surface area contributed by atoms with Crippen molar-refractivity contribution in [3.8, 4) is 0 Å². The summed E-state index contributed by atoms with van der Waals surface area (Å²) in [7, 11) is 0. The van der Waals surface area contributed by atoms with E-state index >= 15 is 0 Å². The first-order chi connectivity index (χ1) is 9.59. The topological polar surface area (TPSA) is 42.9 Å². The fourth-order valence-electron chi connectivity index (χ4n) is 1.33. The van der Waals surface area contributed by atoms with E-state index in [-0.39, 0.29) is 21.9 Å². The van der Waals surface area contributed by atoms with Crippen LogP contribution >= 0.6 is 11.3 Å². The van der Waals surface area contributed by atoms with Crippen LogP contribution in [0.1, 0.15) is 25.9 Å². The molecule has 112 valence electrons. The lowest BCUT2D eigenvalue weighted by Crippen LogP contribution is -2.08. The Bertz CT molecular complexity index is 659. The molecule has 0 N–H and O–H groups in total. The van der Waals surface area contributed by atoms with Crippen molar-refractivity contribution in [2.75, 3.05) is 0 Å². The first-order valence-electron chi connectivity index (χ1n) is 5.20. The zero-order valence-corrected chi connectivity index (χ0v) is 10.6. The fourth-order valence-corrected chi connectivity index (χ4v) is 2.06. The van der Waals surface area contributed by atoms with Gasteiger partial charge in [-0.15, -0.1) is 11.3 Å². The molecule has 21 heavy (non-hydrogen) atoms. The number of rotatable bonds is 2. The molecule has 0 aliphatic heterocycles. The molecule has 0 saturated carbocycles. The van der Waals surface area contributed by atoms with Gasteiger partial charge in [-0.05, 0) is 12.1 Å². The summed E-state index contributed by atoms with van der Waals surface area (Å²) >= 11 is 0.105. The normalized spacial score (nSPS) is 12.5. The van der Waals surface area contributed by atoms with Gasteiger partial charge in [0, 0.05) is 12.4 Å². The van der Waals surface area contributed by atoms with E-state index in [2.05, 4.69) is 9.97 Å². The molecule has 3 nitrogen and oxygen atoms in total. The van der Waals surface area contributed by atoms with Crippen molar-refractivity contribution in [1.29, 1.82) is 0 Å². The second kappa shape index (κ2) is 5.10. The van der Waals surface area contributed by atoms with Crippen LogP contribution in [0.15, 0.2) is 24.5 Å². The van der Waals surface area contributed by atoms with Gasteiger partial charge in [0.1, 0.15) is 5.69 Å². The van der Waals surface area contributed by atoms with Gasteiger partial charge in [-0.3, -0.25) is 9.78 Å². The Morgan fingerprint density at radius 1 is 0.952 bits per heavy atom. The minimum Gasteiger partial charge on any atom is -0.286 e. The second-order valence-corrected chi connectivity index (χ2v) is 4.82. The Balaban J connectivity index is 2.26. The molecule has 0 unspecified atom stereocenters. The Morgan fingerprint density at radius 3 is 2.05 bits per heavy atom. The largest absolute Gasteiger partial charge is 0.443 e. The lowest BCUT2D eigenvalue weighted by Gasteiger charge is -2.05. The fraction of sp³-hybridized carbons (Fsp3) is 0.182. The predicted molar refractivity (Wildman–Crippen MR) is 59.8 cm³/mol. The van der Waals surface area contributed by atoms with Crippen molar-refractivity contribution in [1.82, 2.24) is 9.97 Å². The third-order valence-corrected chi connectivity index (χ3v) is 3.34. The number of thiazole rings is 1. The lowest BCUT2D eigenvalue weighted by atomic mass is 10.2. The van der Waals surface area contributed by atoms with E-state index in [1.54, 1.807) is 0 Å². The number of hydrogen-bond acceptors (Lipinski definition) is 4. The van der Waals surface area contributed by atoms with Gasteiger partial charge < -0.3 is 0 Å². The average Bonchev–Trinajstić information content (AvgIpc) is 2.86. The highest BCUT2D eigenvalue weighted by molar-refractivity contribution is 7.13. The van der Waals surface area contributed by atoms with E-state index in [0.29, 0.717) is 12.3 Å². The van der Waals surface area contributed by atoms with Crippen LogP contribution in [0.5, 0.6) is 0 Å². The predicted octanol–water partition coefficient (Wildman–Crippen LogP) is 3.81. The average molecular weight is 326 g/mol. The summed E-state index contributed by atoms with van der Waals surface area (Å²) in [5, 5.41) is -1.21. The van der Waals surface area contributed by atoms with Gasteiger partial charge in [0.05, 0.1) is 10.4 Å². The van der Waals surface area contributed by atoms with Gasteiger partial charge in [-0.25, -0.2) is 4.98 Å². The third kappa shape index (κ3) is 3.38. The summed E-state index contributed by atoms with van der Waals surface area (Å²) < 4.78 is 74.0. The van der Waals surface area contributed by atoms with Gasteiger partial charge in [0.2, 0.25) is 5.78 Å². The number of nitrogens with zero attached hydrogens (tertiary/aromatic N) is 2. The van der Waals surface area contributed by atoms with E-state index in [1.165, 1.54) is 0 Å². The number of halogens is 6. The van der Waals surface area contributed by atoms with Gasteiger partial charge in [-0.2, -0.15) is 26.3 Å². The van der Waals surface area contributed by atoms with Gasteiger partial charge >= 0.3 is 12.4 Å². The minimum absolute atomic E-state index is 0.105. The number of aromatic nitrogens is 2. The van der Waals surface area contributed by atoms with Crippen LogP contribution in [0.4, 0.5) is 26.3 Å². The molecule has 0 aromatic carbocycles. The molecule has 2 heterocycles. The minimum atomic E-state index is -4.68. The lowest BCUT2D eigenvalue weighted by molar-refractivity contribution is -0.138. The van der Waals surface area contributed by atoms with E-state index in [1.807, 2.05) is 0 Å². The molecule has 2 rings (SSSR count). The highest BCUT2D eigenvalue weighted by Gasteiger charge is 2.35. The van der Waals surface area contributed by atoms with Crippen LogP contribution < -0.4 is 0 Å². The van der Waals surface area contributed by atoms with Crippen LogP contribution in [-0.4, -0.2) is 15.8 Å². The van der Waals surface area contributed by atoms with Crippen LogP contribution in [0.25, 0.3) is 0 Å². The molecule has 0 radical (unpaired) electrons. The van der Waals surface area contributed by atoms with Crippen LogP contribution in [0, 0.1) is 0 Å². The third-order valence-electron chi connectivity index (χ3n) is 2.30. The standard InChI is InChI=1S/C11H4F6N2OS/c12-10(13,14)5-1-2-6(18-3-5)8(20)7-4-19-9(21-7)11(15,16)17/h1-4H. The molecule has 10 heteroatoms. The molecule has 0 saturated heterocycles. The quantitative estimate of drug-likeness (QED) is 0.623. The second-order valence-electron chi connectivity index (χ2n) is 3.79. The molecule has 0 bridgehead atoms. The number of carbonyl (C=O) groups is 1. The van der Waals surface area contributed by atoms with Crippen LogP contribution in [-0.2, 0) is 12.4 Å². The van der Waals surface area contributed by atoms with E-state index in [4.69, 9.17) is 0 Å². The maximum atomic E-state index is 12.3. The molecule has 0 atom stereocenters. The first-order valence-corrected chi connectivity index (χ1v) is 6.01. The SMILES string of the molecule is O=C(c1ccc(C(F)(F)F)cn1)c1cnc(C(F)(F)F)s1. The van der Waals surface area contributed by atoms with E-state index < -0.39 is 28.7 Å². The van der Waals surface area contributed by atoms with Crippen molar-refractivity contribution in [2.24, 2.45) is 0 Å². The zero-order valence-electron chi connectivity index (χ0n) is 9.79. The van der Waals surface area contributed by atoms with Crippen molar-refractivity contribution in [3.05, 3.63) is 45.7 Å². The monoisotopic (exact) mass is 326 g/mol. The van der Waals surface area contributed by atoms with Gasteiger partial charge in [-0.1, -0.05) is 0 Å². The number of pyridine rings is 1. The van der Waals surface area contributed by atoms with Crippen molar-refractivity contribution in [3.63, 3.8) is 0 Å². The summed E-state index contributed by atoms with van der Waals surface area (Å²) in [6, 6.07) is 1.43. The van der Waals surface area contributed by atoms with E-state index in [0.717, 1.165) is 12.3 Å². The Hall–Kier alpha value is -1.97. The molecule has 0 spiro atoms. The molecule has 0 fully saturated rings. The molecule has 0 amide bonds. The highest BCUT2D eigenvalue weighted by atomic mass is 32.1. The Kier molecular flexibility index (Phi) is 3.74. The van der Waals surface area contributed by atoms with Gasteiger partial charge in [0.15, 0.2) is 5.01 Å². The van der Waals surface area contributed by atoms with Crippen molar-refractivity contribution < 1.29 is 31.1 Å². The molecular weight excluding hydrogens is 322 g/mol. The molecule has 0 aliphatic rings. The molecular formula is C11H4F6N2OS. The first kappa shape index (κ1) is 15.4. The maximum Gasteiger partial charge on any atom is 0.443 e. The van der Waals surface area contributed by atoms with Crippen molar-refractivity contribution >= 4 is 17.1 Å². The number of ketones is 1. The summed E-state index contributed by atoms with van der Waals surface area (Å²) in [5.74, 6) is -0.920. The number of carbonyl (C=O) groups excluding carboxylic acids is 1. The number of hydrogen-bond donors (Lipinski definition) is 0.